The summed E-state index contributed by atoms with van der Waals surface area (Å²) in [5, 5.41) is 25.8. The topological polar surface area (TPSA) is 278 Å². The average molecular weight is 460 g/mol. The van der Waals surface area contributed by atoms with Gasteiger partial charge in [-0.25, -0.2) is 4.79 Å². The lowest BCUT2D eigenvalue weighted by Gasteiger charge is -2.26. The predicted molar refractivity (Wildman–Crippen MR) is 112 cm³/mol. The molecule has 0 aliphatic heterocycles. The number of hydrogen-bond donors (Lipinski definition) is 9. The number of aliphatic hydroxyl groups is 1. The van der Waals surface area contributed by atoms with Crippen LogP contribution in [0.4, 0.5) is 0 Å². The van der Waals surface area contributed by atoms with Crippen LogP contribution in [0.1, 0.15) is 33.1 Å². The van der Waals surface area contributed by atoms with Gasteiger partial charge < -0.3 is 49.1 Å². The van der Waals surface area contributed by atoms with Gasteiger partial charge in [0, 0.05) is 6.54 Å². The van der Waals surface area contributed by atoms with Gasteiger partial charge >= 0.3 is 5.97 Å². The number of hydrogen-bond acceptors (Lipinski definition) is 8. The molecule has 182 valence electrons. The summed E-state index contributed by atoms with van der Waals surface area (Å²) in [5.41, 5.74) is 20.9. The second-order valence-corrected chi connectivity index (χ2v) is 7.10. The Labute approximate surface area is 184 Å². The maximum atomic E-state index is 12.5. The highest BCUT2D eigenvalue weighted by Gasteiger charge is 2.32. The third-order valence-electron chi connectivity index (χ3n) is 4.07. The molecular formula is C17H32N8O7. The van der Waals surface area contributed by atoms with Crippen LogP contribution in [0, 0.1) is 0 Å². The molecule has 0 spiro atoms. The van der Waals surface area contributed by atoms with E-state index in [4.69, 9.17) is 22.9 Å². The van der Waals surface area contributed by atoms with Gasteiger partial charge in [-0.1, -0.05) is 0 Å². The molecule has 0 saturated heterocycles. The van der Waals surface area contributed by atoms with E-state index < -0.39 is 66.3 Å². The fourth-order valence-electron chi connectivity index (χ4n) is 2.40. The van der Waals surface area contributed by atoms with Gasteiger partial charge in [-0.2, -0.15) is 0 Å². The number of nitrogens with zero attached hydrogens (tertiary/aromatic N) is 1. The highest BCUT2D eigenvalue weighted by atomic mass is 16.4. The van der Waals surface area contributed by atoms with Crippen molar-refractivity contribution in [2.75, 3.05) is 6.54 Å². The zero-order valence-electron chi connectivity index (χ0n) is 17.9. The van der Waals surface area contributed by atoms with Gasteiger partial charge in [0.25, 0.3) is 0 Å². The first kappa shape index (κ1) is 28.5. The second kappa shape index (κ2) is 13.8. The minimum atomic E-state index is -1.59. The van der Waals surface area contributed by atoms with Crippen LogP contribution in [0.3, 0.4) is 0 Å². The van der Waals surface area contributed by atoms with Gasteiger partial charge in [0.1, 0.15) is 18.1 Å². The molecule has 5 atom stereocenters. The average Bonchev–Trinajstić information content (AvgIpc) is 2.66. The molecule has 0 aromatic carbocycles. The Morgan fingerprint density at radius 2 is 1.47 bits per heavy atom. The van der Waals surface area contributed by atoms with Crippen LogP contribution >= 0.6 is 0 Å². The SMILES string of the molecule is CC(N)C(=O)NC(CC(N)=O)C(=O)NC(C(=O)NC(CCCN=C(N)N)C(=O)O)C(C)O. The summed E-state index contributed by atoms with van der Waals surface area (Å²) >= 11 is 0. The van der Waals surface area contributed by atoms with Gasteiger partial charge in [0.2, 0.25) is 23.6 Å². The molecule has 0 radical (unpaired) electrons. The van der Waals surface area contributed by atoms with Crippen molar-refractivity contribution >= 4 is 35.6 Å². The third kappa shape index (κ3) is 11.1. The van der Waals surface area contributed by atoms with Crippen molar-refractivity contribution in [3.8, 4) is 0 Å². The van der Waals surface area contributed by atoms with E-state index in [0.29, 0.717) is 0 Å². The van der Waals surface area contributed by atoms with Crippen molar-refractivity contribution in [3.63, 3.8) is 0 Å². The summed E-state index contributed by atoms with van der Waals surface area (Å²) in [6.45, 7) is 2.66. The van der Waals surface area contributed by atoms with Crippen molar-refractivity contribution in [3.05, 3.63) is 0 Å². The highest BCUT2D eigenvalue weighted by molar-refractivity contribution is 5.96. The summed E-state index contributed by atoms with van der Waals surface area (Å²) in [6.07, 6.45) is -1.85. The monoisotopic (exact) mass is 460 g/mol. The van der Waals surface area contributed by atoms with E-state index in [1.54, 1.807) is 0 Å². The van der Waals surface area contributed by atoms with E-state index in [0.717, 1.165) is 0 Å². The molecule has 0 aliphatic rings. The molecule has 13 N–H and O–H groups in total. The standard InChI is InChI=1S/C17H32N8O7/c1-7(18)13(28)24-10(6-11(19)27)14(29)25-12(8(2)26)15(30)23-9(16(31)32)4-3-5-22-17(20)21/h7-10,12,26H,3-6,18H2,1-2H3,(H2,19,27)(H,23,30)(H,24,28)(H,25,29)(H,31,32)(H4,20,21,22). The number of carbonyl (C=O) groups is 5. The van der Waals surface area contributed by atoms with E-state index in [1.165, 1.54) is 13.8 Å². The molecule has 32 heavy (non-hydrogen) atoms. The maximum absolute atomic E-state index is 12.5. The molecule has 4 amide bonds. The summed E-state index contributed by atoms with van der Waals surface area (Å²) in [5.74, 6) is -5.19. The Morgan fingerprint density at radius 1 is 0.906 bits per heavy atom. The number of guanidine groups is 1. The Morgan fingerprint density at radius 3 is 1.91 bits per heavy atom. The van der Waals surface area contributed by atoms with Crippen LogP contribution in [0.25, 0.3) is 0 Å². The lowest BCUT2D eigenvalue weighted by Crippen LogP contribution is -2.60. The van der Waals surface area contributed by atoms with Crippen molar-refractivity contribution in [2.45, 2.75) is 63.4 Å². The van der Waals surface area contributed by atoms with Crippen LogP contribution in [0.15, 0.2) is 4.99 Å². The lowest BCUT2D eigenvalue weighted by molar-refractivity contribution is -0.143. The van der Waals surface area contributed by atoms with Crippen molar-refractivity contribution in [1.29, 1.82) is 0 Å². The predicted octanol–water partition coefficient (Wildman–Crippen LogP) is -4.82. The quantitative estimate of drug-likeness (QED) is 0.0677. The van der Waals surface area contributed by atoms with Crippen LogP contribution in [-0.2, 0) is 24.0 Å². The Kier molecular flexibility index (Phi) is 12.3. The first-order valence-corrected chi connectivity index (χ1v) is 9.67. The minimum absolute atomic E-state index is 0.0346. The van der Waals surface area contributed by atoms with Crippen LogP contribution in [0.5, 0.6) is 0 Å². The molecule has 0 aromatic rings. The number of primary amides is 1. The molecule has 0 fully saturated rings. The summed E-state index contributed by atoms with van der Waals surface area (Å²) in [7, 11) is 0. The number of nitrogens with two attached hydrogens (primary N) is 4. The number of carboxylic acids is 1. The molecule has 0 bridgehead atoms. The number of rotatable bonds is 14. The Hall–Kier alpha value is -3.46. The molecule has 0 aliphatic carbocycles. The zero-order valence-corrected chi connectivity index (χ0v) is 17.9. The van der Waals surface area contributed by atoms with Crippen LogP contribution < -0.4 is 38.9 Å². The van der Waals surface area contributed by atoms with Gasteiger partial charge in [0.15, 0.2) is 5.96 Å². The molecular weight excluding hydrogens is 428 g/mol. The molecule has 0 aromatic heterocycles. The molecule has 0 rings (SSSR count). The molecule has 0 saturated carbocycles. The van der Waals surface area contributed by atoms with Crippen molar-refractivity contribution in [1.82, 2.24) is 16.0 Å². The fraction of sp³-hybridized carbons (Fsp3) is 0.647. The number of amides is 4. The lowest BCUT2D eigenvalue weighted by atomic mass is 10.1. The molecule has 15 nitrogen and oxygen atoms in total. The van der Waals surface area contributed by atoms with E-state index >= 15 is 0 Å². The van der Waals surface area contributed by atoms with Crippen LogP contribution in [-0.4, -0.2) is 82.6 Å². The van der Waals surface area contributed by atoms with E-state index in [1.807, 2.05) is 0 Å². The van der Waals surface area contributed by atoms with Gasteiger partial charge in [-0.05, 0) is 26.7 Å². The first-order chi connectivity index (χ1) is 14.8. The number of carbonyl (C=O) groups excluding carboxylic acids is 4. The summed E-state index contributed by atoms with van der Waals surface area (Å²) in [6, 6.07) is -5.40. The smallest absolute Gasteiger partial charge is 0.326 e. The largest absolute Gasteiger partial charge is 0.480 e. The fourth-order valence-corrected chi connectivity index (χ4v) is 2.40. The van der Waals surface area contributed by atoms with Crippen molar-refractivity contribution in [2.24, 2.45) is 27.9 Å². The van der Waals surface area contributed by atoms with Gasteiger partial charge in [-0.3, -0.25) is 24.2 Å². The number of nitrogens with one attached hydrogen (secondary N) is 3. The number of aliphatic imine (C=N–C) groups is 1. The van der Waals surface area contributed by atoms with Crippen LogP contribution in [0.2, 0.25) is 0 Å². The summed E-state index contributed by atoms with van der Waals surface area (Å²) < 4.78 is 0. The highest BCUT2D eigenvalue weighted by Crippen LogP contribution is 2.03. The maximum Gasteiger partial charge on any atom is 0.326 e. The van der Waals surface area contributed by atoms with Crippen molar-refractivity contribution < 1.29 is 34.2 Å². The zero-order chi connectivity index (χ0) is 25.0. The number of aliphatic carboxylic acids is 1. The van der Waals surface area contributed by atoms with Gasteiger partial charge in [-0.15, -0.1) is 0 Å². The second-order valence-electron chi connectivity index (χ2n) is 7.10. The molecule has 0 heterocycles. The molecule has 5 unspecified atom stereocenters. The third-order valence-corrected chi connectivity index (χ3v) is 4.07. The normalized spacial score (nSPS) is 15.2. The number of carboxylic acid groups (broad SMARTS) is 1. The Balaban J connectivity index is 5.30. The minimum Gasteiger partial charge on any atom is -0.480 e. The van der Waals surface area contributed by atoms with E-state index in [9.17, 15) is 34.2 Å². The van der Waals surface area contributed by atoms with E-state index in [-0.39, 0.29) is 25.3 Å². The van der Waals surface area contributed by atoms with Gasteiger partial charge in [0.05, 0.1) is 18.6 Å². The molecule has 15 heteroatoms. The summed E-state index contributed by atoms with van der Waals surface area (Å²) in [4.78, 5) is 63.2. The van der Waals surface area contributed by atoms with E-state index in [2.05, 4.69) is 20.9 Å². The first-order valence-electron chi connectivity index (χ1n) is 9.67. The number of aliphatic hydroxyl groups excluding tert-OH is 1. The Bertz CT molecular complexity index is 722.